The Kier molecular flexibility index (Phi) is 13.2. The number of aromatic nitrogens is 4. The largest absolute Gasteiger partial charge is 0.481 e. The molecule has 2 atom stereocenters. The van der Waals surface area contributed by atoms with E-state index in [4.69, 9.17) is 20.2 Å². The average molecular weight is 711 g/mol. The number of hydrogen-bond donors (Lipinski definition) is 4. The fraction of sp³-hybridized carbons (Fsp3) is 0.677. The molecule has 49 heavy (non-hydrogen) atoms. The molecule has 1 aliphatic rings. The van der Waals surface area contributed by atoms with Crippen molar-refractivity contribution in [1.82, 2.24) is 30.2 Å². The van der Waals surface area contributed by atoms with Crippen molar-refractivity contribution >= 4 is 51.0 Å². The van der Waals surface area contributed by atoms with Gasteiger partial charge in [0, 0.05) is 37.8 Å². The highest BCUT2D eigenvalue weighted by molar-refractivity contribution is 7.90. The number of anilines is 2. The number of aliphatic imine (C=N–C) groups is 1. The number of sulfone groups is 1. The van der Waals surface area contributed by atoms with E-state index in [1.807, 2.05) is 46.1 Å². The van der Waals surface area contributed by atoms with Crippen LogP contribution in [0.5, 0.6) is 0 Å². The Bertz CT molecular complexity index is 1630. The second kappa shape index (κ2) is 16.5. The summed E-state index contributed by atoms with van der Waals surface area (Å²) in [5.41, 5.74) is 6.47. The van der Waals surface area contributed by atoms with E-state index in [0.29, 0.717) is 30.0 Å². The quantitative estimate of drug-likeness (QED) is 0.120. The molecule has 0 saturated carbocycles. The number of nitrogens with zero attached hydrogens (tertiary/aromatic N) is 6. The average Bonchev–Trinajstić information content (AvgIpc) is 3.58. The molecule has 0 radical (unpaired) electrons. The smallest absolute Gasteiger partial charge is 0.407 e. The number of amides is 2. The SMILES string of the molecule is COC(N)=C(C=NCCCCCNC(=O)OC(C)(C)C)Nc1nc(N2CC(NC(=O)CCS(C)(=O)=O)[C@H](F)C2)nc2c1ncn2C(C)(C)C. The molecule has 2 amide bonds. The minimum atomic E-state index is -3.34. The fourth-order valence-electron chi connectivity index (χ4n) is 4.79. The van der Waals surface area contributed by atoms with Crippen LogP contribution in [0, 0.1) is 0 Å². The van der Waals surface area contributed by atoms with Crippen molar-refractivity contribution in [1.29, 1.82) is 0 Å². The lowest BCUT2D eigenvalue weighted by Gasteiger charge is -2.22. The van der Waals surface area contributed by atoms with Crippen LogP contribution in [0.4, 0.5) is 21.0 Å². The second-order valence-electron chi connectivity index (χ2n) is 13.9. The van der Waals surface area contributed by atoms with Crippen molar-refractivity contribution in [2.24, 2.45) is 10.7 Å². The topological polar surface area (TPSA) is 208 Å². The molecule has 0 spiro atoms. The van der Waals surface area contributed by atoms with Crippen LogP contribution in [-0.4, -0.2) is 109 Å². The summed E-state index contributed by atoms with van der Waals surface area (Å²) in [6.07, 6.45) is 4.43. The predicted octanol–water partition coefficient (Wildman–Crippen LogP) is 2.61. The molecule has 1 fully saturated rings. The molecule has 0 aliphatic carbocycles. The van der Waals surface area contributed by atoms with Crippen LogP contribution >= 0.6 is 0 Å². The normalized spacial score (nSPS) is 17.7. The number of ether oxygens (including phenoxy) is 2. The number of nitrogens with one attached hydrogen (secondary N) is 3. The Morgan fingerprint density at radius 1 is 1.14 bits per heavy atom. The van der Waals surface area contributed by atoms with Gasteiger partial charge in [0.25, 0.3) is 0 Å². The van der Waals surface area contributed by atoms with Crippen molar-refractivity contribution in [2.75, 3.05) is 55.5 Å². The molecule has 0 bridgehead atoms. The number of unbranched alkanes of at least 4 members (excludes halogenated alkanes) is 2. The zero-order chi connectivity index (χ0) is 36.6. The number of carbonyl (C=O) groups is 2. The molecule has 2 aromatic rings. The van der Waals surface area contributed by atoms with Crippen molar-refractivity contribution in [3.63, 3.8) is 0 Å². The van der Waals surface area contributed by atoms with Gasteiger partial charge in [-0.15, -0.1) is 0 Å². The van der Waals surface area contributed by atoms with Gasteiger partial charge < -0.3 is 40.6 Å². The number of imidazole rings is 1. The highest BCUT2D eigenvalue weighted by Crippen LogP contribution is 2.29. The molecular weight excluding hydrogens is 659 g/mol. The van der Waals surface area contributed by atoms with Crippen LogP contribution in [-0.2, 0) is 29.6 Å². The van der Waals surface area contributed by atoms with Crippen molar-refractivity contribution in [2.45, 2.75) is 90.6 Å². The monoisotopic (exact) mass is 710 g/mol. The van der Waals surface area contributed by atoms with Gasteiger partial charge in [0.1, 0.15) is 27.3 Å². The lowest BCUT2D eigenvalue weighted by molar-refractivity contribution is -0.121. The van der Waals surface area contributed by atoms with Crippen LogP contribution in [0.2, 0.25) is 0 Å². The molecule has 3 rings (SSSR count). The number of alkyl carbamates (subject to hydrolysis) is 1. The van der Waals surface area contributed by atoms with Crippen molar-refractivity contribution in [3.8, 4) is 0 Å². The number of rotatable bonds is 15. The molecule has 1 saturated heterocycles. The van der Waals surface area contributed by atoms with Gasteiger partial charge in [0.2, 0.25) is 17.7 Å². The lowest BCUT2D eigenvalue weighted by Crippen LogP contribution is -2.42. The van der Waals surface area contributed by atoms with Crippen molar-refractivity contribution in [3.05, 3.63) is 17.9 Å². The highest BCUT2D eigenvalue weighted by atomic mass is 32.2. The van der Waals surface area contributed by atoms with E-state index in [1.54, 1.807) is 17.4 Å². The van der Waals surface area contributed by atoms with Gasteiger partial charge >= 0.3 is 6.09 Å². The van der Waals surface area contributed by atoms with Gasteiger partial charge in [-0.2, -0.15) is 9.97 Å². The Labute approximate surface area is 287 Å². The Morgan fingerprint density at radius 3 is 2.49 bits per heavy atom. The molecular formula is C31H51FN10O6S. The number of hydrogen-bond acceptors (Lipinski definition) is 13. The molecule has 1 unspecified atom stereocenters. The number of methoxy groups -OCH3 is 1. The molecule has 1 aliphatic heterocycles. The summed E-state index contributed by atoms with van der Waals surface area (Å²) in [5.74, 6) is -0.339. The first-order chi connectivity index (χ1) is 22.8. The van der Waals surface area contributed by atoms with Gasteiger partial charge in [-0.3, -0.25) is 9.79 Å². The number of allylic oxidation sites excluding steroid dienone is 1. The van der Waals surface area contributed by atoms with Gasteiger partial charge in [-0.25, -0.2) is 22.6 Å². The fourth-order valence-corrected chi connectivity index (χ4v) is 5.35. The lowest BCUT2D eigenvalue weighted by atomic mass is 10.1. The first kappa shape index (κ1) is 39.2. The van der Waals surface area contributed by atoms with E-state index in [9.17, 15) is 18.0 Å². The molecule has 274 valence electrons. The highest BCUT2D eigenvalue weighted by Gasteiger charge is 2.36. The van der Waals surface area contributed by atoms with Gasteiger partial charge in [-0.1, -0.05) is 0 Å². The van der Waals surface area contributed by atoms with E-state index >= 15 is 4.39 Å². The number of halogens is 1. The summed E-state index contributed by atoms with van der Waals surface area (Å²) < 4.78 is 50.5. The maximum absolute atomic E-state index is 15.2. The van der Waals surface area contributed by atoms with Crippen LogP contribution < -0.4 is 26.6 Å². The van der Waals surface area contributed by atoms with Crippen LogP contribution in [0.1, 0.15) is 67.2 Å². The Balaban J connectivity index is 1.76. The molecule has 0 aromatic carbocycles. The van der Waals surface area contributed by atoms with E-state index in [1.165, 1.54) is 7.11 Å². The number of carbonyl (C=O) groups excluding carboxylic acids is 2. The molecule has 16 nitrogen and oxygen atoms in total. The Hall–Kier alpha value is -4.22. The zero-order valence-corrected chi connectivity index (χ0v) is 30.5. The molecule has 3 heterocycles. The maximum Gasteiger partial charge on any atom is 0.407 e. The number of nitrogens with two attached hydrogens (primary N) is 1. The van der Waals surface area contributed by atoms with Gasteiger partial charge in [0.05, 0.1) is 38.0 Å². The van der Waals surface area contributed by atoms with Crippen LogP contribution in [0.25, 0.3) is 11.2 Å². The standard InChI is InChI=1S/C31H51FN10O6S/c1-30(2,3)42-19-36-24-26(38-21(25(33)47-7)16-34-13-10-9-11-14-35-29(44)48-31(4,5)6)39-28(40-27(24)42)41-17-20(32)22(18-41)37-23(43)12-15-49(8,45)46/h16,19-20,22H,9-15,17-18,33H2,1-8H3,(H,35,44)(H,37,43)(H,38,39,40)/t20-,22?/m1/s1. The second-order valence-corrected chi connectivity index (χ2v) is 16.2. The first-order valence-corrected chi connectivity index (χ1v) is 18.2. The van der Waals surface area contributed by atoms with Crippen molar-refractivity contribution < 1.29 is 31.9 Å². The van der Waals surface area contributed by atoms with Crippen LogP contribution in [0.3, 0.4) is 0 Å². The number of fused-ring (bicyclic) bond motifs is 1. The summed E-state index contributed by atoms with van der Waals surface area (Å²) in [4.78, 5) is 44.3. The molecule has 18 heteroatoms. The van der Waals surface area contributed by atoms with E-state index in [0.717, 1.165) is 25.5 Å². The minimum Gasteiger partial charge on any atom is -0.481 e. The summed E-state index contributed by atoms with van der Waals surface area (Å²) in [6.45, 7) is 12.4. The van der Waals surface area contributed by atoms with Crippen LogP contribution in [0.15, 0.2) is 22.9 Å². The summed E-state index contributed by atoms with van der Waals surface area (Å²) in [6, 6.07) is -0.880. The number of alkyl halides is 1. The molecule has 2 aromatic heterocycles. The zero-order valence-electron chi connectivity index (χ0n) is 29.7. The van der Waals surface area contributed by atoms with E-state index < -0.39 is 45.2 Å². The predicted molar refractivity (Wildman–Crippen MR) is 187 cm³/mol. The minimum absolute atomic E-state index is 0.0516. The van der Waals surface area contributed by atoms with E-state index in [-0.39, 0.29) is 42.9 Å². The summed E-state index contributed by atoms with van der Waals surface area (Å²) in [7, 11) is -1.92. The first-order valence-electron chi connectivity index (χ1n) is 16.2. The third kappa shape index (κ3) is 12.3. The maximum atomic E-state index is 15.2. The van der Waals surface area contributed by atoms with Gasteiger partial charge in [-0.05, 0) is 60.8 Å². The van der Waals surface area contributed by atoms with E-state index in [2.05, 4.69) is 30.9 Å². The third-order valence-corrected chi connectivity index (χ3v) is 8.22. The molecule has 5 N–H and O–H groups in total. The Morgan fingerprint density at radius 2 is 1.86 bits per heavy atom. The van der Waals surface area contributed by atoms with Gasteiger partial charge in [0.15, 0.2) is 17.0 Å². The summed E-state index contributed by atoms with van der Waals surface area (Å²) >= 11 is 0. The third-order valence-electron chi connectivity index (χ3n) is 7.28. The summed E-state index contributed by atoms with van der Waals surface area (Å²) in [5, 5.41) is 8.52.